The highest BCUT2D eigenvalue weighted by molar-refractivity contribution is 9.10. The first-order chi connectivity index (χ1) is 7.01. The predicted octanol–water partition coefficient (Wildman–Crippen LogP) is 3.26. The summed E-state index contributed by atoms with van der Waals surface area (Å²) >= 11 is 3.19. The molecule has 1 aromatic rings. The zero-order valence-corrected chi connectivity index (χ0v) is 10.3. The molecule has 82 valence electrons. The standard InChI is InChI=1S/C12H15BrFN/c1-12(4-5-12)11(15)7-8-2-3-10(14)9(13)6-8/h2-3,6,11H,4-5,7,15H2,1H3. The minimum absolute atomic E-state index is 0.190. The maximum absolute atomic E-state index is 13.0. The molecule has 1 nitrogen and oxygen atoms in total. The maximum atomic E-state index is 13.0. The summed E-state index contributed by atoms with van der Waals surface area (Å²) in [5.74, 6) is -0.218. The normalized spacial score (nSPS) is 20.0. The third-order valence-electron chi connectivity index (χ3n) is 3.37. The first kappa shape index (κ1) is 11.1. The quantitative estimate of drug-likeness (QED) is 0.898. The summed E-state index contributed by atoms with van der Waals surface area (Å²) < 4.78 is 13.5. The van der Waals surface area contributed by atoms with Crippen molar-refractivity contribution < 1.29 is 4.39 Å². The molecular weight excluding hydrogens is 257 g/mol. The lowest BCUT2D eigenvalue weighted by atomic mass is 9.93. The van der Waals surface area contributed by atoms with Crippen LogP contribution in [0.3, 0.4) is 0 Å². The molecule has 0 amide bonds. The molecule has 1 aliphatic carbocycles. The highest BCUT2D eigenvalue weighted by atomic mass is 79.9. The molecule has 0 aliphatic heterocycles. The van der Waals surface area contributed by atoms with E-state index < -0.39 is 0 Å². The minimum Gasteiger partial charge on any atom is -0.327 e. The van der Waals surface area contributed by atoms with E-state index in [4.69, 9.17) is 5.73 Å². The van der Waals surface area contributed by atoms with Crippen LogP contribution in [-0.2, 0) is 6.42 Å². The molecule has 1 saturated carbocycles. The maximum Gasteiger partial charge on any atom is 0.137 e. The van der Waals surface area contributed by atoms with Crippen LogP contribution in [0.25, 0.3) is 0 Å². The monoisotopic (exact) mass is 271 g/mol. The second kappa shape index (κ2) is 3.87. The summed E-state index contributed by atoms with van der Waals surface area (Å²) in [7, 11) is 0. The van der Waals surface area contributed by atoms with E-state index in [0.717, 1.165) is 12.0 Å². The third-order valence-corrected chi connectivity index (χ3v) is 3.98. The van der Waals surface area contributed by atoms with Crippen LogP contribution in [0, 0.1) is 11.2 Å². The summed E-state index contributed by atoms with van der Waals surface area (Å²) in [6, 6.07) is 5.31. The van der Waals surface area contributed by atoms with Gasteiger partial charge in [-0.2, -0.15) is 0 Å². The van der Waals surface area contributed by atoms with Gasteiger partial charge in [-0.05, 0) is 58.3 Å². The van der Waals surface area contributed by atoms with Crippen LogP contribution in [0.2, 0.25) is 0 Å². The van der Waals surface area contributed by atoms with E-state index in [2.05, 4.69) is 22.9 Å². The number of nitrogens with two attached hydrogens (primary N) is 1. The van der Waals surface area contributed by atoms with E-state index in [1.54, 1.807) is 0 Å². The Labute approximate surface area is 98.0 Å². The second-order valence-corrected chi connectivity index (χ2v) is 5.57. The summed E-state index contributed by atoms with van der Waals surface area (Å²) in [4.78, 5) is 0. The van der Waals surface area contributed by atoms with E-state index in [9.17, 15) is 4.39 Å². The average molecular weight is 272 g/mol. The predicted molar refractivity (Wildman–Crippen MR) is 63.1 cm³/mol. The second-order valence-electron chi connectivity index (χ2n) is 4.71. The van der Waals surface area contributed by atoms with Crippen LogP contribution < -0.4 is 5.73 Å². The van der Waals surface area contributed by atoms with Gasteiger partial charge in [-0.15, -0.1) is 0 Å². The van der Waals surface area contributed by atoms with Crippen molar-refractivity contribution >= 4 is 15.9 Å². The van der Waals surface area contributed by atoms with Crippen LogP contribution in [0.15, 0.2) is 22.7 Å². The lowest BCUT2D eigenvalue weighted by Crippen LogP contribution is -2.31. The molecule has 0 spiro atoms. The summed E-state index contributed by atoms with van der Waals surface area (Å²) in [5, 5.41) is 0. The topological polar surface area (TPSA) is 26.0 Å². The Hall–Kier alpha value is -0.410. The van der Waals surface area contributed by atoms with E-state index >= 15 is 0 Å². The summed E-state index contributed by atoms with van der Waals surface area (Å²) in [6.45, 7) is 2.22. The van der Waals surface area contributed by atoms with Crippen LogP contribution in [0.5, 0.6) is 0 Å². The Bertz CT molecular complexity index is 374. The fourth-order valence-electron chi connectivity index (χ4n) is 1.73. The molecule has 1 unspecified atom stereocenters. The Morgan fingerprint density at radius 2 is 2.20 bits per heavy atom. The van der Waals surface area contributed by atoms with E-state index in [1.807, 2.05) is 12.1 Å². The summed E-state index contributed by atoms with van der Waals surface area (Å²) in [6.07, 6.45) is 3.27. The van der Waals surface area contributed by atoms with Gasteiger partial charge in [-0.3, -0.25) is 0 Å². The fraction of sp³-hybridized carbons (Fsp3) is 0.500. The molecule has 0 bridgehead atoms. The van der Waals surface area contributed by atoms with Crippen LogP contribution in [0.1, 0.15) is 25.3 Å². The van der Waals surface area contributed by atoms with Crippen molar-refractivity contribution in [2.75, 3.05) is 0 Å². The lowest BCUT2D eigenvalue weighted by Gasteiger charge is -2.18. The van der Waals surface area contributed by atoms with Gasteiger partial charge in [0.15, 0.2) is 0 Å². The Morgan fingerprint density at radius 1 is 1.53 bits per heavy atom. The molecular formula is C12H15BrFN. The van der Waals surface area contributed by atoms with Gasteiger partial charge in [-0.1, -0.05) is 13.0 Å². The molecule has 1 fully saturated rings. The number of rotatable bonds is 3. The van der Waals surface area contributed by atoms with Crippen molar-refractivity contribution in [3.63, 3.8) is 0 Å². The van der Waals surface area contributed by atoms with Crippen LogP contribution in [-0.4, -0.2) is 6.04 Å². The third kappa shape index (κ3) is 2.40. The molecule has 0 heterocycles. The number of benzene rings is 1. The van der Waals surface area contributed by atoms with Gasteiger partial charge in [0.25, 0.3) is 0 Å². The number of hydrogen-bond donors (Lipinski definition) is 1. The lowest BCUT2D eigenvalue weighted by molar-refractivity contribution is 0.433. The smallest absolute Gasteiger partial charge is 0.137 e. The zero-order valence-electron chi connectivity index (χ0n) is 8.76. The molecule has 1 aliphatic rings. The number of hydrogen-bond acceptors (Lipinski definition) is 1. The van der Waals surface area contributed by atoms with Crippen LogP contribution >= 0.6 is 15.9 Å². The molecule has 0 radical (unpaired) electrons. The van der Waals surface area contributed by atoms with Crippen molar-refractivity contribution in [1.82, 2.24) is 0 Å². The molecule has 2 rings (SSSR count). The van der Waals surface area contributed by atoms with E-state index in [0.29, 0.717) is 9.89 Å². The van der Waals surface area contributed by atoms with Gasteiger partial charge < -0.3 is 5.73 Å². The molecule has 3 heteroatoms. The highest BCUT2D eigenvalue weighted by Crippen LogP contribution is 2.48. The SMILES string of the molecule is CC1(C(N)Cc2ccc(F)c(Br)c2)CC1. The average Bonchev–Trinajstić information content (AvgIpc) is 2.92. The highest BCUT2D eigenvalue weighted by Gasteiger charge is 2.42. The Kier molecular flexibility index (Phi) is 2.86. The van der Waals surface area contributed by atoms with E-state index in [1.165, 1.54) is 18.9 Å². The molecule has 1 atom stereocenters. The van der Waals surface area contributed by atoms with Crippen molar-refractivity contribution in [1.29, 1.82) is 0 Å². The van der Waals surface area contributed by atoms with E-state index in [-0.39, 0.29) is 11.9 Å². The van der Waals surface area contributed by atoms with Gasteiger partial charge in [0.1, 0.15) is 5.82 Å². The van der Waals surface area contributed by atoms with Crippen molar-refractivity contribution in [2.24, 2.45) is 11.1 Å². The molecule has 2 N–H and O–H groups in total. The first-order valence-electron chi connectivity index (χ1n) is 5.21. The molecule has 15 heavy (non-hydrogen) atoms. The van der Waals surface area contributed by atoms with Crippen LogP contribution in [0.4, 0.5) is 4.39 Å². The minimum atomic E-state index is -0.218. The van der Waals surface area contributed by atoms with Gasteiger partial charge in [0.05, 0.1) is 4.47 Å². The largest absolute Gasteiger partial charge is 0.327 e. The Morgan fingerprint density at radius 3 is 2.73 bits per heavy atom. The Balaban J connectivity index is 2.07. The first-order valence-corrected chi connectivity index (χ1v) is 6.00. The molecule has 0 aromatic heterocycles. The van der Waals surface area contributed by atoms with Crippen molar-refractivity contribution in [3.8, 4) is 0 Å². The van der Waals surface area contributed by atoms with Gasteiger partial charge in [-0.25, -0.2) is 4.39 Å². The molecule has 0 saturated heterocycles. The van der Waals surface area contributed by atoms with Gasteiger partial charge in [0, 0.05) is 6.04 Å². The zero-order chi connectivity index (χ0) is 11.1. The van der Waals surface area contributed by atoms with Crippen molar-refractivity contribution in [2.45, 2.75) is 32.2 Å². The van der Waals surface area contributed by atoms with Crippen molar-refractivity contribution in [3.05, 3.63) is 34.1 Å². The fourth-order valence-corrected chi connectivity index (χ4v) is 2.16. The van der Waals surface area contributed by atoms with Gasteiger partial charge >= 0.3 is 0 Å². The number of halogens is 2. The summed E-state index contributed by atoms with van der Waals surface area (Å²) in [5.41, 5.74) is 7.55. The van der Waals surface area contributed by atoms with Gasteiger partial charge in [0.2, 0.25) is 0 Å². The molecule has 1 aromatic carbocycles.